The van der Waals surface area contributed by atoms with Crippen LogP contribution in [0.3, 0.4) is 0 Å². The van der Waals surface area contributed by atoms with Crippen LogP contribution >= 0.6 is 0 Å². The monoisotopic (exact) mass is 241 g/mol. The molecule has 3 heteroatoms. The Balaban J connectivity index is 2.63. The van der Waals surface area contributed by atoms with Crippen LogP contribution in [0.2, 0.25) is 0 Å². The first-order chi connectivity index (χ1) is 7.87. The lowest BCUT2D eigenvalue weighted by atomic mass is 9.85. The maximum Gasteiger partial charge on any atom is 0.320 e. The van der Waals surface area contributed by atoms with E-state index in [1.807, 2.05) is 14.0 Å². The third kappa shape index (κ3) is 3.98. The third-order valence-electron chi connectivity index (χ3n) is 4.28. The van der Waals surface area contributed by atoms with E-state index in [9.17, 15) is 9.90 Å². The number of carboxylic acids is 1. The second-order valence-electron chi connectivity index (χ2n) is 6.18. The van der Waals surface area contributed by atoms with Gasteiger partial charge >= 0.3 is 5.97 Å². The number of rotatable bonds is 4. The van der Waals surface area contributed by atoms with Gasteiger partial charge in [-0.05, 0) is 44.6 Å². The highest BCUT2D eigenvalue weighted by Gasteiger charge is 2.30. The zero-order chi connectivity index (χ0) is 13.1. The Bertz CT molecular complexity index is 263. The Morgan fingerprint density at radius 1 is 1.41 bits per heavy atom. The Labute approximate surface area is 105 Å². The number of carboxylic acid groups (broad SMARTS) is 1. The molecule has 0 radical (unpaired) electrons. The van der Waals surface area contributed by atoms with Gasteiger partial charge in [0.25, 0.3) is 0 Å². The molecule has 0 bridgehead atoms. The maximum atomic E-state index is 11.2. The molecule has 0 amide bonds. The van der Waals surface area contributed by atoms with Gasteiger partial charge in [-0.15, -0.1) is 0 Å². The zero-order valence-corrected chi connectivity index (χ0v) is 11.7. The second kappa shape index (κ2) is 5.85. The summed E-state index contributed by atoms with van der Waals surface area (Å²) in [5.41, 5.74) is 0.431. The minimum Gasteiger partial charge on any atom is -0.480 e. The van der Waals surface area contributed by atoms with Gasteiger partial charge in [0, 0.05) is 6.04 Å². The second-order valence-corrected chi connectivity index (χ2v) is 6.18. The van der Waals surface area contributed by atoms with Gasteiger partial charge in [-0.2, -0.15) is 0 Å². The minimum atomic E-state index is -0.682. The number of aliphatic carboxylic acids is 1. The Morgan fingerprint density at radius 3 is 2.59 bits per heavy atom. The first-order valence-electron chi connectivity index (χ1n) is 6.82. The lowest BCUT2D eigenvalue weighted by molar-refractivity contribution is -0.143. The molecule has 0 aliphatic heterocycles. The summed E-state index contributed by atoms with van der Waals surface area (Å²) < 4.78 is 0. The summed E-state index contributed by atoms with van der Waals surface area (Å²) in [5, 5.41) is 9.21. The maximum absolute atomic E-state index is 11.2. The highest BCUT2D eigenvalue weighted by atomic mass is 16.4. The van der Waals surface area contributed by atoms with Gasteiger partial charge in [0.1, 0.15) is 6.04 Å². The van der Waals surface area contributed by atoms with Crippen LogP contribution in [0.5, 0.6) is 0 Å². The van der Waals surface area contributed by atoms with Crippen LogP contribution in [-0.2, 0) is 4.79 Å². The fourth-order valence-electron chi connectivity index (χ4n) is 2.94. The van der Waals surface area contributed by atoms with Crippen molar-refractivity contribution in [2.24, 2.45) is 5.41 Å². The number of hydrogen-bond acceptors (Lipinski definition) is 2. The van der Waals surface area contributed by atoms with E-state index in [1.54, 1.807) is 0 Å². The predicted octanol–water partition coefficient (Wildman–Crippen LogP) is 3.14. The topological polar surface area (TPSA) is 40.5 Å². The molecule has 1 N–H and O–H groups in total. The van der Waals surface area contributed by atoms with E-state index in [2.05, 4.69) is 18.7 Å². The fourth-order valence-corrected chi connectivity index (χ4v) is 2.94. The fraction of sp³-hybridized carbons (Fsp3) is 0.929. The lowest BCUT2D eigenvalue weighted by Crippen LogP contribution is -2.44. The summed E-state index contributed by atoms with van der Waals surface area (Å²) in [4.78, 5) is 13.3. The molecular formula is C14H27NO2. The molecule has 3 nitrogen and oxygen atoms in total. The predicted molar refractivity (Wildman–Crippen MR) is 70.1 cm³/mol. The van der Waals surface area contributed by atoms with Gasteiger partial charge in [0.15, 0.2) is 0 Å². The first kappa shape index (κ1) is 14.5. The van der Waals surface area contributed by atoms with E-state index in [0.717, 1.165) is 12.8 Å². The average Bonchev–Trinajstić information content (AvgIpc) is 2.39. The van der Waals surface area contributed by atoms with Crippen molar-refractivity contribution < 1.29 is 9.90 Å². The standard InChI is InChI=1S/C14H27NO2/c1-5-12(13(16)17)15(4)11-7-6-9-14(2,3)10-8-11/h11-12H,5-10H2,1-4H3,(H,16,17). The molecule has 0 aromatic rings. The SMILES string of the molecule is CCC(C(=O)O)N(C)C1CCCC(C)(C)CC1. The van der Waals surface area contributed by atoms with Gasteiger partial charge in [-0.3, -0.25) is 9.69 Å². The molecular weight excluding hydrogens is 214 g/mol. The molecule has 0 aromatic carbocycles. The van der Waals surface area contributed by atoms with Crippen molar-refractivity contribution in [2.75, 3.05) is 7.05 Å². The van der Waals surface area contributed by atoms with Crippen molar-refractivity contribution >= 4 is 5.97 Å². The molecule has 0 spiro atoms. The highest BCUT2D eigenvalue weighted by Crippen LogP contribution is 2.35. The third-order valence-corrected chi connectivity index (χ3v) is 4.28. The van der Waals surface area contributed by atoms with Crippen LogP contribution < -0.4 is 0 Å². The van der Waals surface area contributed by atoms with Crippen LogP contribution in [-0.4, -0.2) is 35.1 Å². The molecule has 0 heterocycles. The molecule has 17 heavy (non-hydrogen) atoms. The molecule has 1 rings (SSSR count). The molecule has 2 unspecified atom stereocenters. The Kier molecular flexibility index (Phi) is 4.99. The van der Waals surface area contributed by atoms with E-state index in [4.69, 9.17) is 0 Å². The summed E-state index contributed by atoms with van der Waals surface area (Å²) in [6.45, 7) is 6.60. The summed E-state index contributed by atoms with van der Waals surface area (Å²) in [5.74, 6) is -0.682. The lowest BCUT2D eigenvalue weighted by Gasteiger charge is -2.32. The molecule has 2 atom stereocenters. The van der Waals surface area contributed by atoms with Crippen molar-refractivity contribution in [1.29, 1.82) is 0 Å². The van der Waals surface area contributed by atoms with Gasteiger partial charge in [0.05, 0.1) is 0 Å². The van der Waals surface area contributed by atoms with E-state index in [-0.39, 0.29) is 6.04 Å². The number of carbonyl (C=O) groups is 1. The molecule has 1 saturated carbocycles. The average molecular weight is 241 g/mol. The minimum absolute atomic E-state index is 0.318. The van der Waals surface area contributed by atoms with E-state index in [1.165, 1.54) is 19.3 Å². The molecule has 1 aliphatic carbocycles. The van der Waals surface area contributed by atoms with E-state index < -0.39 is 5.97 Å². The van der Waals surface area contributed by atoms with Gasteiger partial charge in [-0.1, -0.05) is 27.2 Å². The molecule has 1 aliphatic rings. The molecule has 0 saturated heterocycles. The van der Waals surface area contributed by atoms with E-state index >= 15 is 0 Å². The van der Waals surface area contributed by atoms with Crippen molar-refractivity contribution in [3.05, 3.63) is 0 Å². The smallest absolute Gasteiger partial charge is 0.320 e. The van der Waals surface area contributed by atoms with Crippen LogP contribution in [0.1, 0.15) is 59.3 Å². The van der Waals surface area contributed by atoms with Crippen molar-refractivity contribution in [2.45, 2.75) is 71.4 Å². The van der Waals surface area contributed by atoms with Crippen molar-refractivity contribution in [1.82, 2.24) is 4.90 Å². The summed E-state index contributed by atoms with van der Waals surface area (Å²) >= 11 is 0. The number of likely N-dealkylation sites (N-methyl/N-ethyl adjacent to an activating group) is 1. The van der Waals surface area contributed by atoms with Gasteiger partial charge in [-0.25, -0.2) is 0 Å². The Morgan fingerprint density at radius 2 is 2.06 bits per heavy atom. The summed E-state index contributed by atoms with van der Waals surface area (Å²) in [7, 11) is 1.98. The zero-order valence-electron chi connectivity index (χ0n) is 11.7. The van der Waals surface area contributed by atoms with Crippen LogP contribution in [0, 0.1) is 5.41 Å². The summed E-state index contributed by atoms with van der Waals surface area (Å²) in [6, 6.07) is 0.124. The molecule has 0 aromatic heterocycles. The van der Waals surface area contributed by atoms with Gasteiger partial charge in [0.2, 0.25) is 0 Å². The van der Waals surface area contributed by atoms with Crippen LogP contribution in [0.25, 0.3) is 0 Å². The van der Waals surface area contributed by atoms with Crippen LogP contribution in [0.15, 0.2) is 0 Å². The summed E-state index contributed by atoms with van der Waals surface area (Å²) in [6.07, 6.45) is 6.65. The highest BCUT2D eigenvalue weighted by molar-refractivity contribution is 5.73. The van der Waals surface area contributed by atoms with E-state index in [0.29, 0.717) is 17.9 Å². The first-order valence-corrected chi connectivity index (χ1v) is 6.82. The largest absolute Gasteiger partial charge is 0.480 e. The van der Waals surface area contributed by atoms with Gasteiger partial charge < -0.3 is 5.11 Å². The Hall–Kier alpha value is -0.570. The number of nitrogens with zero attached hydrogens (tertiary/aromatic N) is 1. The van der Waals surface area contributed by atoms with Crippen molar-refractivity contribution in [3.8, 4) is 0 Å². The molecule has 1 fully saturated rings. The van der Waals surface area contributed by atoms with Crippen molar-refractivity contribution in [3.63, 3.8) is 0 Å². The normalized spacial score (nSPS) is 26.5. The number of hydrogen-bond donors (Lipinski definition) is 1. The van der Waals surface area contributed by atoms with Crippen LogP contribution in [0.4, 0.5) is 0 Å². The molecule has 100 valence electrons. The quantitative estimate of drug-likeness (QED) is 0.769.